The number of nitrogens with one attached hydrogen (secondary N) is 9. The van der Waals surface area contributed by atoms with Crippen LogP contribution in [0.3, 0.4) is 0 Å². The molecule has 27 nitrogen and oxygen atoms in total. The fourth-order valence-electron chi connectivity index (χ4n) is 8.65. The number of nitrogens with two attached hydrogens (primary N) is 6. The van der Waals surface area contributed by atoms with Gasteiger partial charge in [-0.05, 0) is 134 Å². The average molecular weight is 1170 g/mol. The van der Waals surface area contributed by atoms with E-state index in [1.807, 2.05) is 55.4 Å². The monoisotopic (exact) mass is 1170 g/mol. The summed E-state index contributed by atoms with van der Waals surface area (Å²) in [6, 6.07) is -12.2. The Labute approximate surface area is 486 Å². The number of nitrogens with zero attached hydrogens (tertiary/aromatic N) is 1. The van der Waals surface area contributed by atoms with Crippen LogP contribution in [0.25, 0.3) is 0 Å². The molecule has 12 atom stereocenters. The van der Waals surface area contributed by atoms with Gasteiger partial charge in [-0.1, -0.05) is 75.7 Å². The molecule has 82 heavy (non-hydrogen) atoms. The number of aliphatic hydroxyl groups is 1. The molecule has 10 amide bonds. The van der Waals surface area contributed by atoms with Gasteiger partial charge in [-0.2, -0.15) is 0 Å². The Hall–Kier alpha value is -6.19. The highest BCUT2D eigenvalue weighted by Crippen LogP contribution is 2.15. The second kappa shape index (κ2) is 40.1. The number of aliphatic hydroxyl groups excluding tert-OH is 1. The molecule has 0 saturated heterocycles. The number of unbranched alkanes of at least 4 members (excludes halogenated alkanes) is 2. The van der Waals surface area contributed by atoms with Gasteiger partial charge in [0.05, 0.1) is 12.1 Å². The molecule has 0 rings (SSSR count). The molecule has 0 fully saturated rings. The van der Waals surface area contributed by atoms with Gasteiger partial charge >= 0.3 is 0 Å². The number of guanidine groups is 1. The summed E-state index contributed by atoms with van der Waals surface area (Å²) in [5.74, 6) is -8.54. The van der Waals surface area contributed by atoms with Crippen LogP contribution in [-0.2, 0) is 47.9 Å². The summed E-state index contributed by atoms with van der Waals surface area (Å²) in [6.45, 7) is 21.5. The first-order valence-electron chi connectivity index (χ1n) is 29.2. The standard InChI is InChI=1S/C55H106N16O11/c1-13-33(10)43(53(81)65-37(20-15-17-23-57)49(77)71-44(35(12)72)54(82)69-42(28-32(8)9)51(79)66-39(45(59)73)25-29(2)3)70-48(76)38(21-18-24-62-55(60)61)63-47(75)36(19-14-16-22-56)64-50(78)41(27-31(6)7)68-52(80)40(26-30(4)5)67-46(74)34(11)58/h29-44,72H,13-28,56-58H2,1-12H3,(H2,59,73)(H,63,75)(H,64,78)(H,65,81)(H,66,79)(H,67,74)(H,68,80)(H,69,82)(H,70,76)(H,71,77)(H4,60,61,62)/t33-,34-,35+,36-,37-,38-,39-,40-,41-,42-,43-,44-/m0/s1. The van der Waals surface area contributed by atoms with E-state index in [1.54, 1.807) is 13.8 Å². The Bertz CT molecular complexity index is 2050. The number of aliphatic imine (C=N–C) groups is 1. The Morgan fingerprint density at radius 3 is 1.06 bits per heavy atom. The van der Waals surface area contributed by atoms with Crippen molar-refractivity contribution in [3.05, 3.63) is 0 Å². The highest BCUT2D eigenvalue weighted by molar-refractivity contribution is 5.98. The molecule has 0 unspecified atom stereocenters. The Morgan fingerprint density at radius 2 is 0.707 bits per heavy atom. The molecule has 0 aliphatic heterocycles. The Morgan fingerprint density at radius 1 is 0.402 bits per heavy atom. The fourth-order valence-corrected chi connectivity index (χ4v) is 8.65. The summed E-state index contributed by atoms with van der Waals surface area (Å²) >= 11 is 0. The topological polar surface area (TPSA) is 468 Å². The van der Waals surface area contributed by atoms with Crippen LogP contribution < -0.4 is 82.3 Å². The molecule has 472 valence electrons. The lowest BCUT2D eigenvalue weighted by molar-refractivity contribution is -0.137. The lowest BCUT2D eigenvalue weighted by Crippen LogP contribution is -2.62. The van der Waals surface area contributed by atoms with Crippen LogP contribution in [0.2, 0.25) is 0 Å². The van der Waals surface area contributed by atoms with Gasteiger partial charge in [0, 0.05) is 6.54 Å². The molecule has 0 spiro atoms. The molecule has 0 saturated carbocycles. The molecule has 0 aliphatic carbocycles. The number of rotatable bonds is 42. The van der Waals surface area contributed by atoms with Crippen molar-refractivity contribution >= 4 is 65.0 Å². The minimum absolute atomic E-state index is 0.00568. The fraction of sp³-hybridized carbons (Fsp3) is 0.800. The van der Waals surface area contributed by atoms with Gasteiger partial charge in [0.25, 0.3) is 0 Å². The smallest absolute Gasteiger partial charge is 0.245 e. The lowest BCUT2D eigenvalue weighted by Gasteiger charge is -2.30. The zero-order valence-electron chi connectivity index (χ0n) is 51.0. The Kier molecular flexibility index (Phi) is 37.1. The first-order chi connectivity index (χ1) is 38.3. The third kappa shape index (κ3) is 30.7. The average Bonchev–Trinajstić information content (AvgIpc) is 3.38. The van der Waals surface area contributed by atoms with Crippen molar-refractivity contribution < 1.29 is 53.1 Å². The normalized spacial score (nSPS) is 15.9. The molecule has 0 aromatic rings. The SMILES string of the molecule is CC[C@H](C)[C@H](NC(=O)[C@H](CCCN=C(N)N)NC(=O)[C@H](CCCCN)NC(=O)[C@H](CC(C)C)NC(=O)[C@H](CC(C)C)NC(=O)[C@H](C)N)C(=O)N[C@@H](CCCCN)C(=O)N[C@H](C(=O)N[C@@H](CC(C)C)C(=O)N[C@@H](CC(C)C)C(N)=O)[C@@H](C)O. The number of primary amides is 1. The molecule has 27 heteroatoms. The molecule has 0 aromatic heterocycles. The van der Waals surface area contributed by atoms with Crippen LogP contribution in [0, 0.1) is 29.6 Å². The maximum atomic E-state index is 14.5. The van der Waals surface area contributed by atoms with Gasteiger partial charge in [0.1, 0.15) is 54.4 Å². The summed E-state index contributed by atoms with van der Waals surface area (Å²) in [5, 5.41) is 35.0. The summed E-state index contributed by atoms with van der Waals surface area (Å²) in [5.41, 5.74) is 34.1. The molecule has 0 aromatic carbocycles. The van der Waals surface area contributed by atoms with E-state index in [9.17, 15) is 53.1 Å². The molecule has 0 aliphatic rings. The van der Waals surface area contributed by atoms with E-state index in [0.717, 1.165) is 0 Å². The number of amides is 10. The maximum Gasteiger partial charge on any atom is 0.245 e. The summed E-state index contributed by atoms with van der Waals surface area (Å²) < 4.78 is 0. The summed E-state index contributed by atoms with van der Waals surface area (Å²) in [7, 11) is 0. The predicted octanol–water partition coefficient (Wildman–Crippen LogP) is -1.90. The number of carbonyl (C=O) groups is 10. The van der Waals surface area contributed by atoms with Gasteiger partial charge in [0.15, 0.2) is 5.96 Å². The van der Waals surface area contributed by atoms with Crippen molar-refractivity contribution in [2.45, 2.75) is 233 Å². The van der Waals surface area contributed by atoms with Crippen LogP contribution in [0.15, 0.2) is 4.99 Å². The largest absolute Gasteiger partial charge is 0.391 e. The lowest BCUT2D eigenvalue weighted by atomic mass is 9.96. The van der Waals surface area contributed by atoms with E-state index in [1.165, 1.54) is 13.8 Å². The molecule has 0 heterocycles. The van der Waals surface area contributed by atoms with E-state index in [4.69, 9.17) is 34.4 Å². The molecular weight excluding hydrogens is 1060 g/mol. The molecule has 0 radical (unpaired) electrons. The maximum absolute atomic E-state index is 14.5. The Balaban J connectivity index is 7.05. The zero-order valence-corrected chi connectivity index (χ0v) is 51.0. The van der Waals surface area contributed by atoms with Crippen LogP contribution in [-0.4, -0.2) is 156 Å². The van der Waals surface area contributed by atoms with Crippen molar-refractivity contribution in [1.29, 1.82) is 0 Å². The van der Waals surface area contributed by atoms with Crippen molar-refractivity contribution in [3.8, 4) is 0 Å². The van der Waals surface area contributed by atoms with Crippen molar-refractivity contribution in [2.75, 3.05) is 19.6 Å². The second-order valence-electron chi connectivity index (χ2n) is 23.3. The quantitative estimate of drug-likeness (QED) is 0.0180. The third-order valence-electron chi connectivity index (χ3n) is 13.4. The van der Waals surface area contributed by atoms with Gasteiger partial charge in [0.2, 0.25) is 59.1 Å². The summed E-state index contributed by atoms with van der Waals surface area (Å²) in [6.07, 6.45) is 1.42. The van der Waals surface area contributed by atoms with Crippen LogP contribution in [0.5, 0.6) is 0 Å². The summed E-state index contributed by atoms with van der Waals surface area (Å²) in [4.78, 5) is 142. The minimum Gasteiger partial charge on any atom is -0.391 e. The number of carbonyl (C=O) groups excluding carboxylic acids is 10. The molecule has 22 N–H and O–H groups in total. The first kappa shape index (κ1) is 75.8. The second-order valence-corrected chi connectivity index (χ2v) is 23.3. The first-order valence-corrected chi connectivity index (χ1v) is 29.2. The highest BCUT2D eigenvalue weighted by atomic mass is 16.3. The van der Waals surface area contributed by atoms with E-state index in [0.29, 0.717) is 32.1 Å². The van der Waals surface area contributed by atoms with Gasteiger partial charge in [-0.3, -0.25) is 52.9 Å². The van der Waals surface area contributed by atoms with Gasteiger partial charge < -0.3 is 87.4 Å². The van der Waals surface area contributed by atoms with Crippen molar-refractivity contribution in [2.24, 2.45) is 69.0 Å². The van der Waals surface area contributed by atoms with Crippen LogP contribution >= 0.6 is 0 Å². The van der Waals surface area contributed by atoms with E-state index >= 15 is 0 Å². The van der Waals surface area contributed by atoms with Crippen molar-refractivity contribution in [3.63, 3.8) is 0 Å². The minimum atomic E-state index is -1.63. The third-order valence-corrected chi connectivity index (χ3v) is 13.4. The van der Waals surface area contributed by atoms with Crippen LogP contribution in [0.1, 0.15) is 167 Å². The predicted molar refractivity (Wildman–Crippen MR) is 315 cm³/mol. The molecule has 0 bridgehead atoms. The molecular formula is C55H106N16O11. The highest BCUT2D eigenvalue weighted by Gasteiger charge is 2.37. The van der Waals surface area contributed by atoms with Gasteiger partial charge in [-0.15, -0.1) is 0 Å². The zero-order chi connectivity index (χ0) is 63.0. The van der Waals surface area contributed by atoms with Crippen molar-refractivity contribution in [1.82, 2.24) is 47.9 Å². The van der Waals surface area contributed by atoms with Crippen LogP contribution in [0.4, 0.5) is 0 Å². The van der Waals surface area contributed by atoms with E-state index in [2.05, 4.69) is 52.8 Å². The number of hydrogen-bond donors (Lipinski definition) is 16. The van der Waals surface area contributed by atoms with E-state index < -0.39 is 132 Å². The van der Waals surface area contributed by atoms with Gasteiger partial charge in [-0.25, -0.2) is 0 Å². The number of hydrogen-bond acceptors (Lipinski definition) is 15. The van der Waals surface area contributed by atoms with E-state index in [-0.39, 0.29) is 101 Å².